The second-order valence-electron chi connectivity index (χ2n) is 4.27. The maximum Gasteiger partial charge on any atom is 0.263 e. The van der Waals surface area contributed by atoms with Crippen LogP contribution in [0.25, 0.3) is 0 Å². The number of amides is 1. The third kappa shape index (κ3) is 3.48. The van der Waals surface area contributed by atoms with Crippen LogP contribution in [-0.4, -0.2) is 19.2 Å². The molecule has 4 N–H and O–H groups in total. The Balaban J connectivity index is 2.21. The van der Waals surface area contributed by atoms with Crippen molar-refractivity contribution in [2.75, 3.05) is 24.4 Å². The molecule has 4 nitrogen and oxygen atoms in total. The average molecular weight is 325 g/mol. The first-order valence-electron chi connectivity index (χ1n) is 6.23. The van der Waals surface area contributed by atoms with E-state index in [9.17, 15) is 9.18 Å². The predicted octanol–water partition coefficient (Wildman–Crippen LogP) is 3.16. The molecule has 0 bridgehead atoms. The number of carbonyl (C=O) groups is 1. The third-order valence-electron chi connectivity index (χ3n) is 2.88. The minimum Gasteiger partial charge on any atom is -0.396 e. The zero-order chi connectivity index (χ0) is 15.4. The molecule has 2 rings (SSSR count). The van der Waals surface area contributed by atoms with Crippen LogP contribution >= 0.6 is 23.1 Å². The lowest BCUT2D eigenvalue weighted by Gasteiger charge is -2.06. The fourth-order valence-electron chi connectivity index (χ4n) is 1.86. The Kier molecular flexibility index (Phi) is 5.08. The number of nitrogens with two attached hydrogens (primary N) is 1. The number of nitrogens with one attached hydrogen (secondary N) is 2. The Morgan fingerprint density at radius 2 is 2.24 bits per heavy atom. The molecule has 0 saturated carbocycles. The van der Waals surface area contributed by atoms with Crippen LogP contribution in [0.5, 0.6) is 0 Å². The Morgan fingerprint density at radius 1 is 1.48 bits per heavy atom. The highest BCUT2D eigenvalue weighted by Gasteiger charge is 2.19. The van der Waals surface area contributed by atoms with Gasteiger partial charge in [-0.05, 0) is 24.0 Å². The SMILES string of the molecule is CNC(=O)c1sc(NCc2cccc(F)c2)c(SC)c1N. The number of hydrogen-bond donors (Lipinski definition) is 3. The summed E-state index contributed by atoms with van der Waals surface area (Å²) in [4.78, 5) is 13.1. The molecular formula is C14H16FN3OS2. The van der Waals surface area contributed by atoms with E-state index in [2.05, 4.69) is 10.6 Å². The van der Waals surface area contributed by atoms with Gasteiger partial charge in [-0.15, -0.1) is 23.1 Å². The predicted molar refractivity (Wildman–Crippen MR) is 87.6 cm³/mol. The van der Waals surface area contributed by atoms with Crippen molar-refractivity contribution >= 4 is 39.7 Å². The second kappa shape index (κ2) is 6.82. The smallest absolute Gasteiger partial charge is 0.263 e. The van der Waals surface area contributed by atoms with Gasteiger partial charge in [0.05, 0.1) is 10.6 Å². The molecule has 0 radical (unpaired) electrons. The molecule has 0 fully saturated rings. The van der Waals surface area contributed by atoms with Gasteiger partial charge >= 0.3 is 0 Å². The molecule has 0 aliphatic rings. The van der Waals surface area contributed by atoms with Crippen molar-refractivity contribution in [1.82, 2.24) is 5.32 Å². The maximum absolute atomic E-state index is 13.2. The Labute approximate surface area is 130 Å². The molecule has 0 spiro atoms. The summed E-state index contributed by atoms with van der Waals surface area (Å²) >= 11 is 2.78. The Bertz CT molecular complexity index is 658. The summed E-state index contributed by atoms with van der Waals surface area (Å²) in [5, 5.41) is 6.61. The Morgan fingerprint density at radius 3 is 2.86 bits per heavy atom. The van der Waals surface area contributed by atoms with Crippen LogP contribution < -0.4 is 16.4 Å². The van der Waals surface area contributed by atoms with Gasteiger partial charge in [-0.2, -0.15) is 0 Å². The van der Waals surface area contributed by atoms with Crippen molar-refractivity contribution in [3.05, 3.63) is 40.5 Å². The molecule has 0 atom stereocenters. The van der Waals surface area contributed by atoms with Crippen LogP contribution in [0.15, 0.2) is 29.2 Å². The fraction of sp³-hybridized carbons (Fsp3) is 0.214. The van der Waals surface area contributed by atoms with Crippen LogP contribution in [0.3, 0.4) is 0 Å². The number of hydrogen-bond acceptors (Lipinski definition) is 5. The van der Waals surface area contributed by atoms with E-state index in [1.54, 1.807) is 13.1 Å². The van der Waals surface area contributed by atoms with Gasteiger partial charge in [-0.1, -0.05) is 12.1 Å². The second-order valence-corrected chi connectivity index (χ2v) is 6.11. The van der Waals surface area contributed by atoms with E-state index in [0.717, 1.165) is 15.5 Å². The molecule has 1 heterocycles. The van der Waals surface area contributed by atoms with Crippen molar-refractivity contribution in [1.29, 1.82) is 0 Å². The zero-order valence-corrected chi connectivity index (χ0v) is 13.3. The zero-order valence-electron chi connectivity index (χ0n) is 11.7. The van der Waals surface area contributed by atoms with Crippen molar-refractivity contribution in [2.45, 2.75) is 11.4 Å². The summed E-state index contributed by atoms with van der Waals surface area (Å²) in [6.07, 6.45) is 1.90. The normalized spacial score (nSPS) is 10.4. The standard InChI is InChI=1S/C14H16FN3OS2/c1-17-13(19)11-10(16)12(20-2)14(21-11)18-7-8-4-3-5-9(15)6-8/h3-6,18H,7,16H2,1-2H3,(H,17,19). The minimum absolute atomic E-state index is 0.202. The summed E-state index contributed by atoms with van der Waals surface area (Å²) in [5.74, 6) is -0.470. The molecule has 2 aromatic rings. The highest BCUT2D eigenvalue weighted by atomic mass is 32.2. The average Bonchev–Trinajstić information content (AvgIpc) is 2.80. The van der Waals surface area contributed by atoms with E-state index >= 15 is 0 Å². The number of halogens is 1. The number of nitrogen functional groups attached to an aromatic ring is 1. The molecule has 1 amide bonds. The van der Waals surface area contributed by atoms with Gasteiger partial charge in [0, 0.05) is 13.6 Å². The quantitative estimate of drug-likeness (QED) is 0.739. The molecule has 0 aliphatic heterocycles. The van der Waals surface area contributed by atoms with E-state index in [0.29, 0.717) is 17.1 Å². The number of thiophene rings is 1. The lowest BCUT2D eigenvalue weighted by atomic mass is 10.2. The van der Waals surface area contributed by atoms with Gasteiger partial charge in [0.2, 0.25) is 0 Å². The van der Waals surface area contributed by atoms with Crippen LogP contribution in [0, 0.1) is 5.82 Å². The number of thioether (sulfide) groups is 1. The molecular weight excluding hydrogens is 309 g/mol. The van der Waals surface area contributed by atoms with Gasteiger partial charge in [0.15, 0.2) is 0 Å². The molecule has 0 unspecified atom stereocenters. The van der Waals surface area contributed by atoms with Crippen molar-refractivity contribution in [3.8, 4) is 0 Å². The van der Waals surface area contributed by atoms with Gasteiger partial charge in [0.1, 0.15) is 15.7 Å². The largest absolute Gasteiger partial charge is 0.396 e. The van der Waals surface area contributed by atoms with Gasteiger partial charge < -0.3 is 16.4 Å². The van der Waals surface area contributed by atoms with Crippen molar-refractivity contribution < 1.29 is 9.18 Å². The van der Waals surface area contributed by atoms with E-state index in [4.69, 9.17) is 5.73 Å². The summed E-state index contributed by atoms with van der Waals surface area (Å²) in [7, 11) is 1.57. The molecule has 1 aromatic heterocycles. The summed E-state index contributed by atoms with van der Waals surface area (Å²) < 4.78 is 13.2. The van der Waals surface area contributed by atoms with Crippen LogP contribution in [-0.2, 0) is 6.54 Å². The lowest BCUT2D eigenvalue weighted by molar-refractivity contribution is 0.0968. The topological polar surface area (TPSA) is 67.2 Å². The summed E-state index contributed by atoms with van der Waals surface area (Å²) in [6, 6.07) is 6.39. The van der Waals surface area contributed by atoms with Gasteiger partial charge in [0.25, 0.3) is 5.91 Å². The highest BCUT2D eigenvalue weighted by Crippen LogP contribution is 2.41. The number of benzene rings is 1. The van der Waals surface area contributed by atoms with E-state index in [-0.39, 0.29) is 11.7 Å². The number of carbonyl (C=O) groups excluding carboxylic acids is 1. The van der Waals surface area contributed by atoms with Crippen molar-refractivity contribution in [2.24, 2.45) is 0 Å². The first-order valence-corrected chi connectivity index (χ1v) is 8.27. The molecule has 112 valence electrons. The summed E-state index contributed by atoms with van der Waals surface area (Å²) in [5.41, 5.74) is 7.32. The highest BCUT2D eigenvalue weighted by molar-refractivity contribution is 7.99. The molecule has 21 heavy (non-hydrogen) atoms. The fourth-order valence-corrected chi connectivity index (χ4v) is 3.84. The number of rotatable bonds is 5. The first-order chi connectivity index (χ1) is 10.1. The first kappa shape index (κ1) is 15.7. The van der Waals surface area contributed by atoms with E-state index in [1.807, 2.05) is 12.3 Å². The van der Waals surface area contributed by atoms with Gasteiger partial charge in [-0.3, -0.25) is 4.79 Å². The summed E-state index contributed by atoms with van der Waals surface area (Å²) in [6.45, 7) is 0.471. The van der Waals surface area contributed by atoms with E-state index in [1.165, 1.54) is 35.2 Å². The van der Waals surface area contributed by atoms with Crippen LogP contribution in [0.1, 0.15) is 15.2 Å². The molecule has 7 heteroatoms. The third-order valence-corrected chi connectivity index (χ3v) is 5.00. The van der Waals surface area contributed by atoms with Crippen LogP contribution in [0.4, 0.5) is 15.1 Å². The number of anilines is 2. The monoisotopic (exact) mass is 325 g/mol. The van der Waals surface area contributed by atoms with Gasteiger partial charge in [-0.25, -0.2) is 4.39 Å². The molecule has 0 aliphatic carbocycles. The molecule has 1 aromatic carbocycles. The van der Waals surface area contributed by atoms with Crippen molar-refractivity contribution in [3.63, 3.8) is 0 Å². The van der Waals surface area contributed by atoms with Crippen LogP contribution in [0.2, 0.25) is 0 Å². The van der Waals surface area contributed by atoms with E-state index < -0.39 is 0 Å². The Hall–Kier alpha value is -1.73. The lowest BCUT2D eigenvalue weighted by Crippen LogP contribution is -2.17. The molecule has 0 saturated heterocycles. The maximum atomic E-state index is 13.2. The minimum atomic E-state index is -0.267.